The lowest BCUT2D eigenvalue weighted by atomic mass is 10.0. The van der Waals surface area contributed by atoms with E-state index in [2.05, 4.69) is 30.8 Å². The lowest BCUT2D eigenvalue weighted by Gasteiger charge is -2.04. The van der Waals surface area contributed by atoms with Gasteiger partial charge in [0.15, 0.2) is 0 Å². The molecule has 0 fully saturated rings. The van der Waals surface area contributed by atoms with Crippen LogP contribution >= 0.6 is 0 Å². The van der Waals surface area contributed by atoms with Crippen molar-refractivity contribution in [1.29, 1.82) is 0 Å². The summed E-state index contributed by atoms with van der Waals surface area (Å²) in [5.41, 5.74) is 2.32. The fraction of sp³-hybridized carbons (Fsp3) is 0.0769. The fourth-order valence-corrected chi connectivity index (χ4v) is 1.53. The summed E-state index contributed by atoms with van der Waals surface area (Å²) in [6.07, 6.45) is 0. The molecule has 0 aliphatic carbocycles. The van der Waals surface area contributed by atoms with Crippen LogP contribution < -0.4 is 0 Å². The van der Waals surface area contributed by atoms with Crippen LogP contribution in [-0.2, 0) is 0 Å². The molecule has 0 aromatic heterocycles. The van der Waals surface area contributed by atoms with E-state index in [1.807, 2.05) is 25.1 Å². The number of hydrogen-bond acceptors (Lipinski definition) is 0. The van der Waals surface area contributed by atoms with E-state index in [0.717, 1.165) is 11.0 Å². The van der Waals surface area contributed by atoms with Crippen LogP contribution in [0.15, 0.2) is 43.0 Å². The molecule has 0 spiro atoms. The molecule has 0 heterocycles. The lowest BCUT2D eigenvalue weighted by Crippen LogP contribution is -1.80. The highest BCUT2D eigenvalue weighted by atomic mass is 14.0. The molecule has 13 heavy (non-hydrogen) atoms. The van der Waals surface area contributed by atoms with Crippen LogP contribution in [0, 0.1) is 6.07 Å². The summed E-state index contributed by atoms with van der Waals surface area (Å²) in [5.74, 6) is 0. The zero-order chi connectivity index (χ0) is 9.26. The largest absolute Gasteiger partial charge is 0.0955 e. The molecular formula is C13H11. The smallest absolute Gasteiger partial charge is 0.00990 e. The lowest BCUT2D eigenvalue weighted by molar-refractivity contribution is 1.63. The topological polar surface area (TPSA) is 0 Å². The first-order chi connectivity index (χ1) is 6.29. The van der Waals surface area contributed by atoms with Crippen molar-refractivity contribution in [2.24, 2.45) is 0 Å². The van der Waals surface area contributed by atoms with Crippen molar-refractivity contribution in [3.63, 3.8) is 0 Å². The van der Waals surface area contributed by atoms with Crippen molar-refractivity contribution in [3.05, 3.63) is 54.6 Å². The molecule has 0 heteroatoms. The summed E-state index contributed by atoms with van der Waals surface area (Å²) in [4.78, 5) is 0. The minimum absolute atomic E-state index is 1.10. The Morgan fingerprint density at radius 1 is 1.23 bits per heavy atom. The Bertz CT molecular complexity index is 447. The molecule has 0 nitrogen and oxygen atoms in total. The molecule has 0 saturated heterocycles. The fourth-order valence-electron chi connectivity index (χ4n) is 1.53. The number of rotatable bonds is 1. The Labute approximate surface area is 78.5 Å². The highest BCUT2D eigenvalue weighted by Gasteiger charge is 1.99. The summed E-state index contributed by atoms with van der Waals surface area (Å²) in [7, 11) is 0. The van der Waals surface area contributed by atoms with Gasteiger partial charge in [0, 0.05) is 0 Å². The average Bonchev–Trinajstić information content (AvgIpc) is 2.17. The van der Waals surface area contributed by atoms with Gasteiger partial charge in [-0.3, -0.25) is 0 Å². The quantitative estimate of drug-likeness (QED) is 0.607. The first-order valence-corrected chi connectivity index (χ1v) is 4.34. The Hall–Kier alpha value is -1.56. The van der Waals surface area contributed by atoms with E-state index in [1.54, 1.807) is 0 Å². The van der Waals surface area contributed by atoms with Gasteiger partial charge in [0.25, 0.3) is 0 Å². The molecule has 63 valence electrons. The van der Waals surface area contributed by atoms with Crippen molar-refractivity contribution in [3.8, 4) is 0 Å². The maximum Gasteiger partial charge on any atom is -0.00990 e. The molecule has 1 radical (unpaired) electrons. The van der Waals surface area contributed by atoms with Gasteiger partial charge >= 0.3 is 0 Å². The highest BCUT2D eigenvalue weighted by Crippen LogP contribution is 2.22. The number of hydrogen-bond donors (Lipinski definition) is 0. The molecule has 0 bridgehead atoms. The van der Waals surface area contributed by atoms with Crippen LogP contribution in [-0.4, -0.2) is 0 Å². The zero-order valence-electron chi connectivity index (χ0n) is 7.67. The molecule has 0 aliphatic heterocycles. The average molecular weight is 167 g/mol. The SMILES string of the molecule is C=C(C)c1cccc2[c]cccc12. The predicted octanol–water partition coefficient (Wildman–Crippen LogP) is 3.67. The zero-order valence-corrected chi connectivity index (χ0v) is 7.67. The van der Waals surface area contributed by atoms with Gasteiger partial charge in [-0.25, -0.2) is 0 Å². The van der Waals surface area contributed by atoms with Crippen LogP contribution in [0.2, 0.25) is 0 Å². The Balaban J connectivity index is 2.83. The summed E-state index contributed by atoms with van der Waals surface area (Å²) in [6.45, 7) is 5.99. The number of allylic oxidation sites excluding steroid dienone is 1. The second-order valence-electron chi connectivity index (χ2n) is 3.22. The first kappa shape index (κ1) is 8.06. The Morgan fingerprint density at radius 3 is 2.85 bits per heavy atom. The third-order valence-electron chi connectivity index (χ3n) is 2.16. The van der Waals surface area contributed by atoms with Gasteiger partial charge in [0.1, 0.15) is 0 Å². The van der Waals surface area contributed by atoms with Gasteiger partial charge in [0.05, 0.1) is 0 Å². The van der Waals surface area contributed by atoms with Crippen LogP contribution in [0.3, 0.4) is 0 Å². The molecular weight excluding hydrogens is 156 g/mol. The van der Waals surface area contributed by atoms with Gasteiger partial charge in [-0.15, -0.1) is 0 Å². The molecule has 0 unspecified atom stereocenters. The Kier molecular flexibility index (Phi) is 1.90. The van der Waals surface area contributed by atoms with Crippen LogP contribution in [0.1, 0.15) is 12.5 Å². The maximum absolute atomic E-state index is 3.96. The molecule has 2 aromatic carbocycles. The van der Waals surface area contributed by atoms with Crippen LogP contribution in [0.5, 0.6) is 0 Å². The first-order valence-electron chi connectivity index (χ1n) is 4.34. The van der Waals surface area contributed by atoms with Crippen LogP contribution in [0.25, 0.3) is 16.3 Å². The monoisotopic (exact) mass is 167 g/mol. The molecule has 0 saturated carbocycles. The van der Waals surface area contributed by atoms with Gasteiger partial charge in [-0.05, 0) is 29.3 Å². The summed E-state index contributed by atoms with van der Waals surface area (Å²) < 4.78 is 0. The van der Waals surface area contributed by atoms with E-state index in [4.69, 9.17) is 0 Å². The van der Waals surface area contributed by atoms with Crippen molar-refractivity contribution in [2.45, 2.75) is 6.92 Å². The second-order valence-corrected chi connectivity index (χ2v) is 3.22. The van der Waals surface area contributed by atoms with Crippen molar-refractivity contribution >= 4 is 16.3 Å². The second kappa shape index (κ2) is 3.06. The van der Waals surface area contributed by atoms with E-state index in [1.165, 1.54) is 10.9 Å². The standard InChI is InChI=1S/C13H11/c1-10(2)12-9-5-7-11-6-3-4-8-13(11)12/h3-5,7-9H,1H2,2H3. The van der Waals surface area contributed by atoms with E-state index in [-0.39, 0.29) is 0 Å². The number of fused-ring (bicyclic) bond motifs is 1. The molecule has 0 atom stereocenters. The highest BCUT2D eigenvalue weighted by molar-refractivity contribution is 5.92. The van der Waals surface area contributed by atoms with Gasteiger partial charge in [-0.1, -0.05) is 48.6 Å². The van der Waals surface area contributed by atoms with E-state index in [9.17, 15) is 0 Å². The maximum atomic E-state index is 3.96. The Morgan fingerprint density at radius 2 is 2.08 bits per heavy atom. The van der Waals surface area contributed by atoms with Crippen molar-refractivity contribution < 1.29 is 0 Å². The summed E-state index contributed by atoms with van der Waals surface area (Å²) in [5, 5.41) is 2.39. The van der Waals surface area contributed by atoms with Gasteiger partial charge < -0.3 is 0 Å². The normalized spacial score (nSPS) is 10.2. The van der Waals surface area contributed by atoms with E-state index < -0.39 is 0 Å². The number of benzene rings is 2. The van der Waals surface area contributed by atoms with Crippen LogP contribution in [0.4, 0.5) is 0 Å². The van der Waals surface area contributed by atoms with Gasteiger partial charge in [0.2, 0.25) is 0 Å². The third kappa shape index (κ3) is 1.35. The summed E-state index contributed by atoms with van der Waals surface area (Å²) >= 11 is 0. The van der Waals surface area contributed by atoms with E-state index >= 15 is 0 Å². The minimum atomic E-state index is 1.10. The van der Waals surface area contributed by atoms with Crippen molar-refractivity contribution in [1.82, 2.24) is 0 Å². The summed E-state index contributed by atoms with van der Waals surface area (Å²) in [6, 6.07) is 15.5. The third-order valence-corrected chi connectivity index (χ3v) is 2.16. The van der Waals surface area contributed by atoms with E-state index in [0.29, 0.717) is 0 Å². The minimum Gasteiger partial charge on any atom is -0.0955 e. The molecule has 0 amide bonds. The predicted molar refractivity (Wildman–Crippen MR) is 57.5 cm³/mol. The molecule has 0 N–H and O–H groups in total. The molecule has 0 aliphatic rings. The molecule has 2 rings (SSSR count). The van der Waals surface area contributed by atoms with Crippen molar-refractivity contribution in [2.75, 3.05) is 0 Å². The van der Waals surface area contributed by atoms with Gasteiger partial charge in [-0.2, -0.15) is 0 Å². The molecule has 2 aromatic rings.